The molecule has 0 saturated carbocycles. The molecule has 0 saturated heterocycles. The third-order valence-corrected chi connectivity index (χ3v) is 3.04. The summed E-state index contributed by atoms with van der Waals surface area (Å²) in [4.78, 5) is 20.4. The van der Waals surface area contributed by atoms with E-state index < -0.39 is 0 Å². The molecule has 0 unspecified atom stereocenters. The van der Waals surface area contributed by atoms with Crippen molar-refractivity contribution in [2.24, 2.45) is 0 Å². The van der Waals surface area contributed by atoms with E-state index in [0.29, 0.717) is 5.56 Å². The van der Waals surface area contributed by atoms with Crippen LogP contribution in [0.4, 0.5) is 0 Å². The molecule has 1 amide bonds. The van der Waals surface area contributed by atoms with Gasteiger partial charge in [0.25, 0.3) is 5.91 Å². The minimum atomic E-state index is -0.0979. The number of aryl methyl sites for hydroxylation is 1. The second-order valence-electron chi connectivity index (χ2n) is 4.38. The topological polar surface area (TPSA) is 54.9 Å². The van der Waals surface area contributed by atoms with Gasteiger partial charge < -0.3 is 5.32 Å². The largest absolute Gasteiger partial charge is 0.344 e. The molecule has 1 atom stereocenters. The van der Waals surface area contributed by atoms with Crippen molar-refractivity contribution in [2.45, 2.75) is 26.3 Å². The quantitative estimate of drug-likeness (QED) is 0.913. The van der Waals surface area contributed by atoms with Gasteiger partial charge in [0.2, 0.25) is 0 Å². The van der Waals surface area contributed by atoms with Gasteiger partial charge in [-0.1, -0.05) is 13.0 Å². The Morgan fingerprint density at radius 2 is 2.00 bits per heavy atom. The standard InChI is InChI=1S/C15H17N3O/c1-3-13(14-11(2)5-4-8-17-14)18-15(19)12-6-9-16-10-7-12/h4-10,13H,3H2,1-2H3,(H,18,19)/t13-/m0/s1. The number of rotatable bonds is 4. The molecule has 2 aromatic heterocycles. The van der Waals surface area contributed by atoms with Gasteiger partial charge in [-0.3, -0.25) is 14.8 Å². The van der Waals surface area contributed by atoms with E-state index in [1.165, 1.54) is 0 Å². The number of nitrogens with zero attached hydrogens (tertiary/aromatic N) is 2. The number of amides is 1. The molecular weight excluding hydrogens is 238 g/mol. The number of nitrogens with one attached hydrogen (secondary N) is 1. The predicted octanol–water partition coefficient (Wildman–Crippen LogP) is 2.67. The minimum Gasteiger partial charge on any atom is -0.344 e. The molecule has 0 spiro atoms. The Labute approximate surface area is 112 Å². The fraction of sp³-hybridized carbons (Fsp3) is 0.267. The fourth-order valence-electron chi connectivity index (χ4n) is 1.97. The summed E-state index contributed by atoms with van der Waals surface area (Å²) >= 11 is 0. The molecule has 2 aromatic rings. The lowest BCUT2D eigenvalue weighted by Gasteiger charge is -2.18. The number of pyridine rings is 2. The van der Waals surface area contributed by atoms with Crippen LogP contribution < -0.4 is 5.32 Å². The van der Waals surface area contributed by atoms with Crippen molar-refractivity contribution in [3.8, 4) is 0 Å². The predicted molar refractivity (Wildman–Crippen MR) is 73.7 cm³/mol. The molecule has 0 aliphatic rings. The third-order valence-electron chi connectivity index (χ3n) is 3.04. The molecule has 98 valence electrons. The van der Waals surface area contributed by atoms with E-state index in [1.54, 1.807) is 30.7 Å². The molecule has 1 N–H and O–H groups in total. The first-order chi connectivity index (χ1) is 9.22. The van der Waals surface area contributed by atoms with Crippen molar-refractivity contribution in [3.05, 3.63) is 59.7 Å². The molecule has 2 heterocycles. The van der Waals surface area contributed by atoms with Gasteiger partial charge in [0.05, 0.1) is 11.7 Å². The van der Waals surface area contributed by atoms with Gasteiger partial charge in [-0.25, -0.2) is 0 Å². The Morgan fingerprint density at radius 3 is 2.63 bits per heavy atom. The van der Waals surface area contributed by atoms with E-state index in [-0.39, 0.29) is 11.9 Å². The summed E-state index contributed by atoms with van der Waals surface area (Å²) in [6.45, 7) is 4.04. The Balaban J connectivity index is 2.17. The van der Waals surface area contributed by atoms with Crippen LogP contribution in [0.25, 0.3) is 0 Å². The summed E-state index contributed by atoms with van der Waals surface area (Å²) in [6, 6.07) is 7.24. The molecule has 0 fully saturated rings. The summed E-state index contributed by atoms with van der Waals surface area (Å²) in [6.07, 6.45) is 5.78. The number of carbonyl (C=O) groups is 1. The monoisotopic (exact) mass is 255 g/mol. The average molecular weight is 255 g/mol. The summed E-state index contributed by atoms with van der Waals surface area (Å²) in [5.74, 6) is -0.0979. The summed E-state index contributed by atoms with van der Waals surface area (Å²) < 4.78 is 0. The lowest BCUT2D eigenvalue weighted by molar-refractivity contribution is 0.0934. The lowest BCUT2D eigenvalue weighted by Crippen LogP contribution is -2.29. The summed E-state index contributed by atoms with van der Waals surface area (Å²) in [5, 5.41) is 3.01. The molecule has 0 aliphatic carbocycles. The molecule has 19 heavy (non-hydrogen) atoms. The molecule has 4 heteroatoms. The number of hydrogen-bond donors (Lipinski definition) is 1. The zero-order valence-corrected chi connectivity index (χ0v) is 11.1. The van der Waals surface area contributed by atoms with Gasteiger partial charge >= 0.3 is 0 Å². The van der Waals surface area contributed by atoms with E-state index in [1.807, 2.05) is 26.0 Å². The SMILES string of the molecule is CC[C@H](NC(=O)c1ccncc1)c1ncccc1C. The van der Waals surface area contributed by atoms with Crippen LogP contribution in [-0.4, -0.2) is 15.9 Å². The molecule has 0 aliphatic heterocycles. The smallest absolute Gasteiger partial charge is 0.251 e. The van der Waals surface area contributed by atoms with Gasteiger partial charge in [-0.2, -0.15) is 0 Å². The van der Waals surface area contributed by atoms with Crippen LogP contribution in [0.5, 0.6) is 0 Å². The second kappa shape index (κ2) is 6.09. The van der Waals surface area contributed by atoms with Crippen molar-refractivity contribution < 1.29 is 4.79 Å². The minimum absolute atomic E-state index is 0.0677. The van der Waals surface area contributed by atoms with Crippen molar-refractivity contribution in [2.75, 3.05) is 0 Å². The van der Waals surface area contributed by atoms with Gasteiger partial charge in [0.15, 0.2) is 0 Å². The van der Waals surface area contributed by atoms with E-state index in [4.69, 9.17) is 0 Å². The molecular formula is C15H17N3O. The second-order valence-corrected chi connectivity index (χ2v) is 4.38. The summed E-state index contributed by atoms with van der Waals surface area (Å²) in [5.41, 5.74) is 2.62. The first-order valence-electron chi connectivity index (χ1n) is 6.34. The van der Waals surface area contributed by atoms with Gasteiger partial charge in [-0.15, -0.1) is 0 Å². The highest BCUT2D eigenvalue weighted by molar-refractivity contribution is 5.94. The van der Waals surface area contributed by atoms with E-state index in [0.717, 1.165) is 17.7 Å². The third kappa shape index (κ3) is 3.16. The van der Waals surface area contributed by atoms with E-state index >= 15 is 0 Å². The molecule has 0 aromatic carbocycles. The lowest BCUT2D eigenvalue weighted by atomic mass is 10.1. The molecule has 0 bridgehead atoms. The highest BCUT2D eigenvalue weighted by Gasteiger charge is 2.16. The van der Waals surface area contributed by atoms with Gasteiger partial charge in [-0.05, 0) is 37.1 Å². The normalized spacial score (nSPS) is 11.9. The van der Waals surface area contributed by atoms with Crippen molar-refractivity contribution in [1.82, 2.24) is 15.3 Å². The maximum Gasteiger partial charge on any atom is 0.251 e. The zero-order valence-electron chi connectivity index (χ0n) is 11.1. The average Bonchev–Trinajstić information content (AvgIpc) is 2.46. The molecule has 0 radical (unpaired) electrons. The van der Waals surface area contributed by atoms with Crippen molar-refractivity contribution >= 4 is 5.91 Å². The van der Waals surface area contributed by atoms with Crippen LogP contribution in [0.3, 0.4) is 0 Å². The Morgan fingerprint density at radius 1 is 1.26 bits per heavy atom. The first-order valence-corrected chi connectivity index (χ1v) is 6.34. The molecule has 2 rings (SSSR count). The van der Waals surface area contributed by atoms with Crippen LogP contribution in [0.1, 0.15) is 41.0 Å². The van der Waals surface area contributed by atoms with Crippen molar-refractivity contribution in [3.63, 3.8) is 0 Å². The zero-order chi connectivity index (χ0) is 13.7. The number of hydrogen-bond acceptors (Lipinski definition) is 3. The maximum absolute atomic E-state index is 12.1. The highest BCUT2D eigenvalue weighted by atomic mass is 16.1. The molecule has 4 nitrogen and oxygen atoms in total. The Bertz CT molecular complexity index is 554. The van der Waals surface area contributed by atoms with Crippen LogP contribution in [0, 0.1) is 6.92 Å². The Kier molecular flexibility index (Phi) is 4.23. The maximum atomic E-state index is 12.1. The van der Waals surface area contributed by atoms with Gasteiger partial charge in [0.1, 0.15) is 0 Å². The first kappa shape index (κ1) is 13.2. The van der Waals surface area contributed by atoms with Crippen molar-refractivity contribution in [1.29, 1.82) is 0 Å². The van der Waals surface area contributed by atoms with Crippen LogP contribution in [-0.2, 0) is 0 Å². The van der Waals surface area contributed by atoms with Crippen LogP contribution in [0.15, 0.2) is 42.9 Å². The van der Waals surface area contributed by atoms with Crippen LogP contribution >= 0.6 is 0 Å². The number of aromatic nitrogens is 2. The highest BCUT2D eigenvalue weighted by Crippen LogP contribution is 2.18. The van der Waals surface area contributed by atoms with E-state index in [2.05, 4.69) is 15.3 Å². The number of carbonyl (C=O) groups excluding carboxylic acids is 1. The van der Waals surface area contributed by atoms with E-state index in [9.17, 15) is 4.79 Å². The summed E-state index contributed by atoms with van der Waals surface area (Å²) in [7, 11) is 0. The fourth-order valence-corrected chi connectivity index (χ4v) is 1.97. The van der Waals surface area contributed by atoms with Crippen LogP contribution in [0.2, 0.25) is 0 Å². The van der Waals surface area contributed by atoms with Gasteiger partial charge in [0, 0.05) is 24.2 Å². The Hall–Kier alpha value is -2.23.